The van der Waals surface area contributed by atoms with Crippen molar-refractivity contribution in [3.63, 3.8) is 0 Å². The molecule has 5 nitrogen and oxygen atoms in total. The van der Waals surface area contributed by atoms with E-state index in [-0.39, 0.29) is 18.3 Å². The van der Waals surface area contributed by atoms with Crippen molar-refractivity contribution < 1.29 is 9.53 Å². The number of rotatable bonds is 5. The van der Waals surface area contributed by atoms with Crippen molar-refractivity contribution in [2.45, 2.75) is 26.2 Å². The van der Waals surface area contributed by atoms with Gasteiger partial charge in [0.15, 0.2) is 5.13 Å². The summed E-state index contributed by atoms with van der Waals surface area (Å²) in [6.45, 7) is 4.51. The molecule has 1 fully saturated rings. The highest BCUT2D eigenvalue weighted by Gasteiger charge is 2.16. The van der Waals surface area contributed by atoms with E-state index in [4.69, 9.17) is 4.74 Å². The van der Waals surface area contributed by atoms with Gasteiger partial charge in [-0.05, 0) is 57.1 Å². The maximum absolute atomic E-state index is 12.2. The molecule has 2 heterocycles. The van der Waals surface area contributed by atoms with Crippen LogP contribution in [0.2, 0.25) is 0 Å². The molecule has 1 aliphatic heterocycles. The van der Waals surface area contributed by atoms with Crippen LogP contribution in [0.4, 0.5) is 5.13 Å². The van der Waals surface area contributed by atoms with E-state index in [0.29, 0.717) is 11.7 Å². The van der Waals surface area contributed by atoms with Gasteiger partial charge < -0.3 is 10.1 Å². The molecule has 1 aliphatic rings. The van der Waals surface area contributed by atoms with Crippen LogP contribution in [0.5, 0.6) is 5.75 Å². The zero-order chi connectivity index (χ0) is 16.9. The monoisotopic (exact) mass is 381 g/mol. The average Bonchev–Trinajstić information content (AvgIpc) is 2.96. The van der Waals surface area contributed by atoms with Gasteiger partial charge in [-0.2, -0.15) is 0 Å². The molecule has 3 rings (SSSR count). The van der Waals surface area contributed by atoms with Gasteiger partial charge >= 0.3 is 0 Å². The van der Waals surface area contributed by atoms with E-state index >= 15 is 0 Å². The number of hydrogen-bond donors (Lipinski definition) is 1. The van der Waals surface area contributed by atoms with Gasteiger partial charge in [0.25, 0.3) is 0 Å². The summed E-state index contributed by atoms with van der Waals surface area (Å²) in [6, 6.07) is 7.81. The van der Waals surface area contributed by atoms with Gasteiger partial charge in [-0.1, -0.05) is 6.42 Å². The third-order valence-corrected chi connectivity index (χ3v) is 5.11. The second kappa shape index (κ2) is 9.17. The summed E-state index contributed by atoms with van der Waals surface area (Å²) in [5, 5.41) is 3.61. The average molecular weight is 382 g/mol. The second-order valence-corrected chi connectivity index (χ2v) is 7.24. The molecule has 136 valence electrons. The molecule has 1 aromatic carbocycles. The number of aryl methyl sites for hydroxylation is 1. The molecule has 1 N–H and O–H groups in total. The Balaban J connectivity index is 0.00000225. The molecule has 7 heteroatoms. The number of carbonyl (C=O) groups excluding carboxylic acids is 1. The van der Waals surface area contributed by atoms with Crippen molar-refractivity contribution in [1.29, 1.82) is 0 Å². The maximum atomic E-state index is 12.2. The molecular weight excluding hydrogens is 358 g/mol. The number of methoxy groups -OCH3 is 1. The number of piperidine rings is 1. The maximum Gasteiger partial charge on any atom is 0.240 e. The number of likely N-dealkylation sites (tertiary alicyclic amines) is 1. The van der Waals surface area contributed by atoms with Crippen LogP contribution in [0.25, 0.3) is 11.3 Å². The summed E-state index contributed by atoms with van der Waals surface area (Å²) in [5.41, 5.74) is 1.94. The van der Waals surface area contributed by atoms with Gasteiger partial charge in [-0.3, -0.25) is 9.69 Å². The fraction of sp³-hybridized carbons (Fsp3) is 0.444. The number of ether oxygens (including phenoxy) is 1. The molecule has 0 atom stereocenters. The highest BCUT2D eigenvalue weighted by Crippen LogP contribution is 2.31. The highest BCUT2D eigenvalue weighted by atomic mass is 35.5. The van der Waals surface area contributed by atoms with Crippen molar-refractivity contribution >= 4 is 34.8 Å². The molecule has 1 amide bonds. The first-order valence-corrected chi connectivity index (χ1v) is 9.11. The minimum Gasteiger partial charge on any atom is -0.497 e. The first kappa shape index (κ1) is 19.7. The van der Waals surface area contributed by atoms with Crippen molar-refractivity contribution in [2.24, 2.45) is 0 Å². The number of nitrogens with one attached hydrogen (secondary N) is 1. The smallest absolute Gasteiger partial charge is 0.240 e. The van der Waals surface area contributed by atoms with Crippen LogP contribution < -0.4 is 10.1 Å². The molecule has 0 saturated carbocycles. The topological polar surface area (TPSA) is 54.5 Å². The van der Waals surface area contributed by atoms with Crippen LogP contribution in [0, 0.1) is 6.92 Å². The normalized spacial score (nSPS) is 14.6. The van der Waals surface area contributed by atoms with Crippen molar-refractivity contribution in [3.05, 3.63) is 29.1 Å². The number of hydrogen-bond acceptors (Lipinski definition) is 5. The molecule has 0 spiro atoms. The Labute approximate surface area is 158 Å². The molecule has 0 aliphatic carbocycles. The fourth-order valence-corrected chi connectivity index (χ4v) is 3.80. The quantitative estimate of drug-likeness (QED) is 0.851. The summed E-state index contributed by atoms with van der Waals surface area (Å²) in [6.07, 6.45) is 3.64. The van der Waals surface area contributed by atoms with Crippen LogP contribution in [0.1, 0.15) is 24.1 Å². The van der Waals surface area contributed by atoms with Crippen molar-refractivity contribution in [2.75, 3.05) is 32.1 Å². The lowest BCUT2D eigenvalue weighted by Crippen LogP contribution is -2.36. The number of aromatic nitrogens is 1. The van der Waals surface area contributed by atoms with E-state index in [1.807, 2.05) is 31.2 Å². The van der Waals surface area contributed by atoms with Gasteiger partial charge in [-0.25, -0.2) is 4.98 Å². The molecule has 2 aromatic rings. The summed E-state index contributed by atoms with van der Waals surface area (Å²) < 4.78 is 5.19. The van der Waals surface area contributed by atoms with E-state index in [1.165, 1.54) is 30.6 Å². The standard InChI is InChI=1S/C18H23N3O2S.ClH/c1-13-17(14-6-8-15(23-2)9-7-14)20-18(24-13)19-16(22)12-21-10-4-3-5-11-21;/h6-9H,3-5,10-12H2,1-2H3,(H,19,20,22);1H. The summed E-state index contributed by atoms with van der Waals surface area (Å²) in [5.74, 6) is 0.841. The van der Waals surface area contributed by atoms with E-state index in [0.717, 1.165) is 35.0 Å². The van der Waals surface area contributed by atoms with Gasteiger partial charge in [0.1, 0.15) is 5.75 Å². The summed E-state index contributed by atoms with van der Waals surface area (Å²) in [7, 11) is 1.65. The predicted octanol–water partition coefficient (Wildman–Crippen LogP) is 3.97. The Kier molecular flexibility index (Phi) is 7.23. The minimum atomic E-state index is 0. The van der Waals surface area contributed by atoms with E-state index in [9.17, 15) is 4.79 Å². The van der Waals surface area contributed by atoms with E-state index in [1.54, 1.807) is 7.11 Å². The largest absolute Gasteiger partial charge is 0.497 e. The number of halogens is 1. The Hall–Kier alpha value is -1.63. The van der Waals surface area contributed by atoms with Gasteiger partial charge in [0.2, 0.25) is 5.91 Å². The zero-order valence-electron chi connectivity index (χ0n) is 14.6. The van der Waals surface area contributed by atoms with Gasteiger partial charge in [-0.15, -0.1) is 23.7 Å². The van der Waals surface area contributed by atoms with Crippen LogP contribution in [0.15, 0.2) is 24.3 Å². The minimum absolute atomic E-state index is 0. The SMILES string of the molecule is COc1ccc(-c2nc(NC(=O)CN3CCCCC3)sc2C)cc1.Cl. The number of amides is 1. The Morgan fingerprint density at radius 1 is 1.24 bits per heavy atom. The summed E-state index contributed by atoms with van der Waals surface area (Å²) in [4.78, 5) is 20.1. The molecular formula is C18H24ClN3O2S. The van der Waals surface area contributed by atoms with E-state index in [2.05, 4.69) is 15.2 Å². The third-order valence-electron chi connectivity index (χ3n) is 4.22. The second-order valence-electron chi connectivity index (χ2n) is 6.04. The van der Waals surface area contributed by atoms with Gasteiger partial charge in [0, 0.05) is 10.4 Å². The van der Waals surface area contributed by atoms with Crippen LogP contribution in [-0.4, -0.2) is 42.5 Å². The first-order valence-electron chi connectivity index (χ1n) is 8.30. The number of anilines is 1. The molecule has 0 bridgehead atoms. The molecule has 25 heavy (non-hydrogen) atoms. The number of thiazole rings is 1. The summed E-state index contributed by atoms with van der Waals surface area (Å²) >= 11 is 1.52. The number of carbonyl (C=O) groups is 1. The number of benzene rings is 1. The highest BCUT2D eigenvalue weighted by molar-refractivity contribution is 7.16. The first-order chi connectivity index (χ1) is 11.7. The lowest BCUT2D eigenvalue weighted by Gasteiger charge is -2.25. The Morgan fingerprint density at radius 3 is 2.56 bits per heavy atom. The molecule has 0 unspecified atom stereocenters. The molecule has 1 saturated heterocycles. The van der Waals surface area contributed by atoms with Gasteiger partial charge in [0.05, 0.1) is 19.3 Å². The van der Waals surface area contributed by atoms with E-state index < -0.39 is 0 Å². The lowest BCUT2D eigenvalue weighted by atomic mass is 10.1. The zero-order valence-corrected chi connectivity index (χ0v) is 16.2. The molecule has 0 radical (unpaired) electrons. The van der Waals surface area contributed by atoms with Crippen LogP contribution >= 0.6 is 23.7 Å². The van der Waals surface area contributed by atoms with Crippen molar-refractivity contribution in [3.8, 4) is 17.0 Å². The Bertz CT molecular complexity index is 697. The third kappa shape index (κ3) is 5.17. The van der Waals surface area contributed by atoms with Crippen molar-refractivity contribution in [1.82, 2.24) is 9.88 Å². The Morgan fingerprint density at radius 2 is 1.92 bits per heavy atom. The predicted molar refractivity (Wildman–Crippen MR) is 105 cm³/mol. The number of nitrogens with zero attached hydrogens (tertiary/aromatic N) is 2. The van der Waals surface area contributed by atoms with Crippen LogP contribution in [0.3, 0.4) is 0 Å². The van der Waals surface area contributed by atoms with Crippen LogP contribution in [-0.2, 0) is 4.79 Å². The fourth-order valence-electron chi connectivity index (χ4n) is 2.95. The lowest BCUT2D eigenvalue weighted by molar-refractivity contribution is -0.117. The molecule has 1 aromatic heterocycles.